The van der Waals surface area contributed by atoms with Crippen molar-refractivity contribution in [2.24, 2.45) is 0 Å². The van der Waals surface area contributed by atoms with Gasteiger partial charge in [0.05, 0.1) is 0 Å². The van der Waals surface area contributed by atoms with Crippen LogP contribution in [0.2, 0.25) is 0 Å². The van der Waals surface area contributed by atoms with E-state index in [1.165, 1.54) is 51.4 Å². The van der Waals surface area contributed by atoms with E-state index in [4.69, 9.17) is 0 Å². The van der Waals surface area contributed by atoms with E-state index in [2.05, 4.69) is 38.2 Å². The highest BCUT2D eigenvalue weighted by Gasteiger charge is 1.82. The molecule has 15 heavy (non-hydrogen) atoms. The lowest BCUT2D eigenvalue weighted by atomic mass is 10.2. The Morgan fingerprint density at radius 1 is 0.600 bits per heavy atom. The van der Waals surface area contributed by atoms with Gasteiger partial charge < -0.3 is 0 Å². The first-order valence-corrected chi connectivity index (χ1v) is 6.71. The van der Waals surface area contributed by atoms with Crippen molar-refractivity contribution in [1.82, 2.24) is 0 Å². The molecule has 0 aromatic heterocycles. The van der Waals surface area contributed by atoms with E-state index in [1.807, 2.05) is 0 Å². The van der Waals surface area contributed by atoms with Crippen molar-refractivity contribution < 1.29 is 0 Å². The Morgan fingerprint density at radius 3 is 1.47 bits per heavy atom. The SMILES string of the molecule is CCCCC/C=C/C/C=C/CCCCC. The smallest absolute Gasteiger partial charge is 0.0169 e. The van der Waals surface area contributed by atoms with Crippen LogP contribution in [-0.2, 0) is 0 Å². The van der Waals surface area contributed by atoms with Crippen molar-refractivity contribution >= 4 is 0 Å². The minimum atomic E-state index is 1.12. The molecule has 0 atom stereocenters. The molecule has 0 aliphatic carbocycles. The number of unbranched alkanes of at least 4 members (excludes halogenated alkanes) is 6. The fraction of sp³-hybridized carbons (Fsp3) is 0.733. The summed E-state index contributed by atoms with van der Waals surface area (Å²) in [5, 5.41) is 0. The molecular weight excluding hydrogens is 180 g/mol. The minimum Gasteiger partial charge on any atom is -0.0882 e. The van der Waals surface area contributed by atoms with Crippen LogP contribution in [0.3, 0.4) is 0 Å². The zero-order valence-corrected chi connectivity index (χ0v) is 10.7. The lowest BCUT2D eigenvalue weighted by Gasteiger charge is -1.92. The molecule has 0 unspecified atom stereocenters. The first kappa shape index (κ1) is 14.5. The number of hydrogen-bond donors (Lipinski definition) is 0. The summed E-state index contributed by atoms with van der Waals surface area (Å²) in [6, 6.07) is 0. The third kappa shape index (κ3) is 13.5. The lowest BCUT2D eigenvalue weighted by Crippen LogP contribution is -1.71. The van der Waals surface area contributed by atoms with E-state index < -0.39 is 0 Å². The second-order valence-corrected chi connectivity index (χ2v) is 4.17. The molecule has 88 valence electrons. The summed E-state index contributed by atoms with van der Waals surface area (Å²) in [5.41, 5.74) is 0. The maximum Gasteiger partial charge on any atom is -0.0169 e. The zero-order valence-electron chi connectivity index (χ0n) is 10.7. The molecule has 0 aromatic carbocycles. The van der Waals surface area contributed by atoms with Gasteiger partial charge in [-0.25, -0.2) is 0 Å². The van der Waals surface area contributed by atoms with E-state index in [0.29, 0.717) is 0 Å². The second kappa shape index (κ2) is 13.5. The van der Waals surface area contributed by atoms with Crippen LogP contribution in [0.5, 0.6) is 0 Å². The summed E-state index contributed by atoms with van der Waals surface area (Å²) in [7, 11) is 0. The average molecular weight is 208 g/mol. The quantitative estimate of drug-likeness (QED) is 0.321. The van der Waals surface area contributed by atoms with Crippen LogP contribution in [0.1, 0.15) is 71.6 Å². The third-order valence-corrected chi connectivity index (χ3v) is 2.55. The normalized spacial score (nSPS) is 11.9. The van der Waals surface area contributed by atoms with Gasteiger partial charge >= 0.3 is 0 Å². The monoisotopic (exact) mass is 208 g/mol. The fourth-order valence-electron chi connectivity index (χ4n) is 1.53. The summed E-state index contributed by atoms with van der Waals surface area (Å²) in [6.45, 7) is 4.51. The van der Waals surface area contributed by atoms with E-state index in [0.717, 1.165) is 6.42 Å². The van der Waals surface area contributed by atoms with Gasteiger partial charge in [-0.15, -0.1) is 0 Å². The van der Waals surface area contributed by atoms with E-state index in [9.17, 15) is 0 Å². The third-order valence-electron chi connectivity index (χ3n) is 2.55. The van der Waals surface area contributed by atoms with Crippen LogP contribution in [0.15, 0.2) is 24.3 Å². The summed E-state index contributed by atoms with van der Waals surface area (Å²) < 4.78 is 0. The van der Waals surface area contributed by atoms with Gasteiger partial charge in [0.1, 0.15) is 0 Å². The standard InChI is InChI=1S/C15H28/c1-3-5-7-9-11-13-15-14-12-10-8-6-4-2/h11-14H,3-10,15H2,1-2H3/b13-11+,14-12+. The molecule has 0 nitrogen and oxygen atoms in total. The minimum absolute atomic E-state index is 1.12. The second-order valence-electron chi connectivity index (χ2n) is 4.17. The molecule has 0 spiro atoms. The highest BCUT2D eigenvalue weighted by molar-refractivity contribution is 4.92. The van der Waals surface area contributed by atoms with Crippen LogP contribution >= 0.6 is 0 Å². The Balaban J connectivity index is 3.14. The number of hydrogen-bond acceptors (Lipinski definition) is 0. The van der Waals surface area contributed by atoms with Gasteiger partial charge in [-0.2, -0.15) is 0 Å². The molecule has 0 aromatic rings. The molecular formula is C15H28. The molecule has 0 saturated heterocycles. The Hall–Kier alpha value is -0.520. The average Bonchev–Trinajstić information content (AvgIpc) is 2.26. The van der Waals surface area contributed by atoms with Crippen LogP contribution in [0, 0.1) is 0 Å². The Labute approximate surface area is 96.5 Å². The van der Waals surface area contributed by atoms with E-state index >= 15 is 0 Å². The molecule has 0 amide bonds. The summed E-state index contributed by atoms with van der Waals surface area (Å²) in [5.74, 6) is 0. The Kier molecular flexibility index (Phi) is 13.0. The lowest BCUT2D eigenvalue weighted by molar-refractivity contribution is 0.727. The largest absolute Gasteiger partial charge is 0.0882 e. The summed E-state index contributed by atoms with van der Waals surface area (Å²) in [6.07, 6.45) is 21.0. The Morgan fingerprint density at radius 2 is 1.07 bits per heavy atom. The highest BCUT2D eigenvalue weighted by Crippen LogP contribution is 2.02. The van der Waals surface area contributed by atoms with Crippen molar-refractivity contribution in [1.29, 1.82) is 0 Å². The number of rotatable bonds is 10. The van der Waals surface area contributed by atoms with Crippen molar-refractivity contribution in [2.45, 2.75) is 71.6 Å². The molecule has 0 aliphatic heterocycles. The van der Waals surface area contributed by atoms with Gasteiger partial charge in [-0.3, -0.25) is 0 Å². The zero-order chi connectivity index (χ0) is 11.2. The van der Waals surface area contributed by atoms with Gasteiger partial charge in [0, 0.05) is 0 Å². The van der Waals surface area contributed by atoms with Crippen LogP contribution in [0.25, 0.3) is 0 Å². The molecule has 0 bridgehead atoms. The molecule has 0 N–H and O–H groups in total. The van der Waals surface area contributed by atoms with Gasteiger partial charge in [0.25, 0.3) is 0 Å². The first-order chi connectivity index (χ1) is 7.41. The van der Waals surface area contributed by atoms with Crippen molar-refractivity contribution in [2.75, 3.05) is 0 Å². The predicted octanol–water partition coefficient (Wildman–Crippen LogP) is 5.65. The van der Waals surface area contributed by atoms with Gasteiger partial charge in [0.15, 0.2) is 0 Å². The van der Waals surface area contributed by atoms with Crippen molar-refractivity contribution in [3.63, 3.8) is 0 Å². The molecule has 0 aliphatic rings. The van der Waals surface area contributed by atoms with Crippen LogP contribution in [0.4, 0.5) is 0 Å². The summed E-state index contributed by atoms with van der Waals surface area (Å²) in [4.78, 5) is 0. The molecule has 0 heteroatoms. The predicted molar refractivity (Wildman–Crippen MR) is 71.2 cm³/mol. The molecule has 0 heterocycles. The maximum absolute atomic E-state index is 2.33. The molecule has 0 saturated carbocycles. The number of allylic oxidation sites excluding steroid dienone is 4. The van der Waals surface area contributed by atoms with Gasteiger partial charge in [0.2, 0.25) is 0 Å². The molecule has 0 fully saturated rings. The fourth-order valence-corrected chi connectivity index (χ4v) is 1.53. The molecule has 0 rings (SSSR count). The maximum atomic E-state index is 2.33. The first-order valence-electron chi connectivity index (χ1n) is 6.71. The molecule has 0 radical (unpaired) electrons. The highest BCUT2D eigenvalue weighted by atomic mass is 13.9. The topological polar surface area (TPSA) is 0 Å². The van der Waals surface area contributed by atoms with Crippen LogP contribution in [-0.4, -0.2) is 0 Å². The van der Waals surface area contributed by atoms with Gasteiger partial charge in [-0.05, 0) is 32.1 Å². The summed E-state index contributed by atoms with van der Waals surface area (Å²) >= 11 is 0. The van der Waals surface area contributed by atoms with Crippen molar-refractivity contribution in [3.05, 3.63) is 24.3 Å². The van der Waals surface area contributed by atoms with Crippen LogP contribution < -0.4 is 0 Å². The van der Waals surface area contributed by atoms with Crippen molar-refractivity contribution in [3.8, 4) is 0 Å². The van der Waals surface area contributed by atoms with E-state index in [-0.39, 0.29) is 0 Å². The Bertz CT molecular complexity index is 135. The van der Waals surface area contributed by atoms with E-state index in [1.54, 1.807) is 0 Å². The van der Waals surface area contributed by atoms with Gasteiger partial charge in [-0.1, -0.05) is 63.8 Å².